The van der Waals surface area contributed by atoms with Gasteiger partial charge in [-0.3, -0.25) is 4.98 Å². The number of aryl methyl sites for hydroxylation is 2. The van der Waals surface area contributed by atoms with E-state index in [4.69, 9.17) is 5.14 Å². The van der Waals surface area contributed by atoms with Crippen molar-refractivity contribution in [3.63, 3.8) is 0 Å². The monoisotopic (exact) mass is 826 g/mol. The van der Waals surface area contributed by atoms with E-state index in [0.717, 1.165) is 104 Å². The predicted octanol–water partition coefficient (Wildman–Crippen LogP) is 7.30. The number of urea groups is 2. The molecule has 4 atom stereocenters. The molecule has 3 aromatic carbocycles. The second-order valence-corrected chi connectivity index (χ2v) is 20.2. The molecule has 0 bridgehead atoms. The lowest BCUT2D eigenvalue weighted by Crippen LogP contribution is -2.23. The standard InChI is InChI=1S/C43H51FN8O4S2/c1-24(2)38-13-12-32(23-48-38)57(45,55)51-42(53)49-40-33-9-5-7-26(33)16-30-18-28(20-35(30)40)29-19-31-17-27-8-6-10-34(27)41(36(31)21-29)50-43(54)52-58(56,47-4)39-14-11-25(22-46-3)15-37(39)44/h11-17,23-24,28-29,46H,5-10,18-22H2,1-4H3,(H3,45,49,51,53,55)(H2,47,50,52,54,56). The van der Waals surface area contributed by atoms with Crippen molar-refractivity contribution in [3.8, 4) is 0 Å². The Kier molecular flexibility index (Phi) is 11.0. The number of carbonyl (C=O) groups excluding carboxylic acids is 2. The van der Waals surface area contributed by atoms with Crippen LogP contribution in [0.5, 0.6) is 0 Å². The van der Waals surface area contributed by atoms with Crippen LogP contribution < -0.4 is 25.8 Å². The molecule has 0 saturated carbocycles. The molecule has 4 amide bonds. The molecule has 4 unspecified atom stereocenters. The summed E-state index contributed by atoms with van der Waals surface area (Å²) in [5.41, 5.74) is 12.2. The molecule has 1 heterocycles. The molecule has 1 aromatic heterocycles. The zero-order chi connectivity index (χ0) is 40.9. The van der Waals surface area contributed by atoms with Crippen molar-refractivity contribution >= 4 is 43.3 Å². The summed E-state index contributed by atoms with van der Waals surface area (Å²) in [5, 5.41) is 15.2. The van der Waals surface area contributed by atoms with Gasteiger partial charge < -0.3 is 16.0 Å². The van der Waals surface area contributed by atoms with Gasteiger partial charge in [-0.15, -0.1) is 8.73 Å². The molecular formula is C43H51FN8O4S2. The van der Waals surface area contributed by atoms with Crippen molar-refractivity contribution in [1.29, 1.82) is 0 Å². The van der Waals surface area contributed by atoms with Gasteiger partial charge in [0.2, 0.25) is 0 Å². The molecule has 306 valence electrons. The van der Waals surface area contributed by atoms with E-state index >= 15 is 4.39 Å². The van der Waals surface area contributed by atoms with Crippen LogP contribution in [0.3, 0.4) is 0 Å². The van der Waals surface area contributed by atoms with Crippen LogP contribution in [-0.4, -0.2) is 39.6 Å². The fourth-order valence-electron chi connectivity index (χ4n) is 9.48. The lowest BCUT2D eigenvalue weighted by Gasteiger charge is -2.18. The third-order valence-corrected chi connectivity index (χ3v) is 15.6. The van der Waals surface area contributed by atoms with Gasteiger partial charge in [0.25, 0.3) is 0 Å². The van der Waals surface area contributed by atoms with Crippen molar-refractivity contribution in [1.82, 2.24) is 15.0 Å². The van der Waals surface area contributed by atoms with Gasteiger partial charge in [-0.2, -0.15) is 0 Å². The van der Waals surface area contributed by atoms with Gasteiger partial charge in [0.15, 0.2) is 0 Å². The first-order valence-electron chi connectivity index (χ1n) is 20.1. The Morgan fingerprint density at radius 3 is 1.88 bits per heavy atom. The third-order valence-electron chi connectivity index (χ3n) is 12.3. The van der Waals surface area contributed by atoms with Gasteiger partial charge in [0.1, 0.15) is 25.6 Å². The van der Waals surface area contributed by atoms with Crippen LogP contribution in [0.1, 0.15) is 88.4 Å². The molecule has 4 aromatic rings. The first-order chi connectivity index (χ1) is 27.8. The largest absolute Gasteiger partial charge is 0.354 e. The first kappa shape index (κ1) is 40.2. The molecular weight excluding hydrogens is 776 g/mol. The molecule has 0 saturated heterocycles. The summed E-state index contributed by atoms with van der Waals surface area (Å²) in [6, 6.07) is 10.8. The summed E-state index contributed by atoms with van der Waals surface area (Å²) < 4.78 is 53.3. The average molecular weight is 827 g/mol. The van der Waals surface area contributed by atoms with Gasteiger partial charge in [0.05, 0.1) is 9.79 Å². The summed E-state index contributed by atoms with van der Waals surface area (Å²) in [7, 11) is -3.98. The molecule has 8 rings (SSSR count). The Bertz CT molecular complexity index is 2590. The lowest BCUT2D eigenvalue weighted by atomic mass is 9.87. The first-order valence-corrected chi connectivity index (χ1v) is 23.2. The summed E-state index contributed by atoms with van der Waals surface area (Å²) in [6.45, 7) is 4.46. The highest BCUT2D eigenvalue weighted by atomic mass is 32.2. The number of rotatable bonds is 9. The molecule has 4 aliphatic rings. The summed E-state index contributed by atoms with van der Waals surface area (Å²) in [4.78, 5) is 31.5. The number of nitrogens with two attached hydrogens (primary N) is 1. The highest BCUT2D eigenvalue weighted by molar-refractivity contribution is 7.92. The Hall–Kier alpha value is -4.54. The fraction of sp³-hybridized carbons (Fsp3) is 0.419. The molecule has 15 heteroatoms. The number of pyridine rings is 1. The van der Waals surface area contributed by atoms with E-state index in [2.05, 4.69) is 46.5 Å². The predicted molar refractivity (Wildman–Crippen MR) is 225 cm³/mol. The van der Waals surface area contributed by atoms with Crippen LogP contribution in [-0.2, 0) is 77.7 Å². The fourth-order valence-corrected chi connectivity index (χ4v) is 11.6. The maximum Gasteiger partial charge on any atom is 0.354 e. The third kappa shape index (κ3) is 7.70. The second-order valence-electron chi connectivity index (χ2n) is 16.3. The number of carbonyl (C=O) groups is 2. The highest BCUT2D eigenvalue weighted by Gasteiger charge is 2.38. The zero-order valence-corrected chi connectivity index (χ0v) is 35.0. The maximum absolute atomic E-state index is 15.2. The number of amides is 4. The van der Waals surface area contributed by atoms with E-state index in [1.54, 1.807) is 25.2 Å². The minimum absolute atomic E-state index is 0.171. The van der Waals surface area contributed by atoms with Gasteiger partial charge in [0, 0.05) is 29.8 Å². The molecule has 58 heavy (non-hydrogen) atoms. The van der Waals surface area contributed by atoms with E-state index in [1.165, 1.54) is 47.6 Å². The smallest absolute Gasteiger partial charge is 0.316 e. The quantitative estimate of drug-likeness (QED) is 0.118. The SMILES string of the molecule is CNCc1ccc(S(=O)(=NC(=O)Nc2c3c(cc4c2CC(C2Cc5cc6c(c(NC(=O)N=S(N)(=O)c7ccc(C(C)C)nc7)c5C2)CCC6)C4)CCC3)NC)c(F)c1. The normalized spacial score (nSPS) is 19.8. The number of anilines is 2. The van der Waals surface area contributed by atoms with Gasteiger partial charge in [-0.1, -0.05) is 32.0 Å². The molecule has 0 fully saturated rings. The number of hydrogen-bond donors (Lipinski definition) is 5. The molecule has 0 radical (unpaired) electrons. The zero-order valence-electron chi connectivity index (χ0n) is 33.4. The molecule has 4 aliphatic carbocycles. The second kappa shape index (κ2) is 15.9. The van der Waals surface area contributed by atoms with Crippen molar-refractivity contribution in [2.75, 3.05) is 24.7 Å². The average Bonchev–Trinajstić information content (AvgIpc) is 4.01. The molecule has 0 aliphatic heterocycles. The van der Waals surface area contributed by atoms with Crippen LogP contribution in [0.4, 0.5) is 25.4 Å². The number of aromatic nitrogens is 1. The van der Waals surface area contributed by atoms with Crippen LogP contribution in [0.2, 0.25) is 0 Å². The summed E-state index contributed by atoms with van der Waals surface area (Å²) >= 11 is 0. The Morgan fingerprint density at radius 2 is 1.38 bits per heavy atom. The van der Waals surface area contributed by atoms with Crippen molar-refractivity contribution in [2.24, 2.45) is 25.7 Å². The van der Waals surface area contributed by atoms with E-state index in [0.29, 0.717) is 12.1 Å². The van der Waals surface area contributed by atoms with Gasteiger partial charge >= 0.3 is 12.1 Å². The lowest BCUT2D eigenvalue weighted by molar-refractivity contribution is 0.259. The number of benzene rings is 3. The number of halogens is 1. The van der Waals surface area contributed by atoms with Crippen molar-refractivity contribution in [3.05, 3.63) is 110 Å². The van der Waals surface area contributed by atoms with Crippen LogP contribution in [0.15, 0.2) is 67.2 Å². The van der Waals surface area contributed by atoms with E-state index < -0.39 is 37.7 Å². The minimum Gasteiger partial charge on any atom is -0.316 e. The number of fused-ring (bicyclic) bond motifs is 4. The van der Waals surface area contributed by atoms with Crippen LogP contribution in [0.25, 0.3) is 0 Å². The Morgan fingerprint density at radius 1 is 0.793 bits per heavy atom. The van der Waals surface area contributed by atoms with E-state index in [1.807, 2.05) is 13.8 Å². The molecule has 6 N–H and O–H groups in total. The number of nitrogens with one attached hydrogen (secondary N) is 4. The van der Waals surface area contributed by atoms with Gasteiger partial charge in [-0.25, -0.2) is 32.3 Å². The van der Waals surface area contributed by atoms with Crippen LogP contribution in [0, 0.1) is 17.7 Å². The highest BCUT2D eigenvalue weighted by Crippen LogP contribution is 2.47. The summed E-state index contributed by atoms with van der Waals surface area (Å²) in [5.74, 6) is 0.0445. The van der Waals surface area contributed by atoms with Crippen LogP contribution >= 0.6 is 0 Å². The van der Waals surface area contributed by atoms with E-state index in [-0.39, 0.29) is 27.5 Å². The van der Waals surface area contributed by atoms with E-state index in [9.17, 15) is 18.0 Å². The number of nitrogens with zero attached hydrogens (tertiary/aromatic N) is 3. The van der Waals surface area contributed by atoms with Crippen molar-refractivity contribution in [2.45, 2.75) is 100 Å². The van der Waals surface area contributed by atoms with Crippen molar-refractivity contribution < 1.29 is 22.4 Å². The molecule has 0 spiro atoms. The maximum atomic E-state index is 15.2. The molecule has 12 nitrogen and oxygen atoms in total. The topological polar surface area (TPSA) is 180 Å². The van der Waals surface area contributed by atoms with Gasteiger partial charge in [-0.05, 0) is 170 Å². The Balaban J connectivity index is 1.04. The summed E-state index contributed by atoms with van der Waals surface area (Å²) in [6.07, 6.45) is 10.1. The minimum atomic E-state index is -3.61. The Labute approximate surface area is 340 Å². The number of hydrogen-bond acceptors (Lipinski definition) is 6.